The molecule has 0 saturated carbocycles. The number of imidazole rings is 1. The lowest BCUT2D eigenvalue weighted by molar-refractivity contribution is 0.102. The van der Waals surface area contributed by atoms with E-state index in [1.807, 2.05) is 19.1 Å². The Labute approximate surface area is 191 Å². The molecule has 1 amide bonds. The third-order valence-electron chi connectivity index (χ3n) is 6.45. The first-order valence-electron chi connectivity index (χ1n) is 11.2. The second kappa shape index (κ2) is 8.19. The number of aryl methyl sites for hydroxylation is 2. The standard InChI is InChI=1S/C25H28FN5O2/c1-15-13-31-14-17(12-21(26)24(31)27-15)28-25(32)19-5-6-22(20-11-16(2)33-23(19)20)30-9-7-18(8-10-30)29(3)4/h5-6,11-14,18H,7-10H2,1-4H3,(H,28,32). The van der Waals surface area contributed by atoms with Crippen molar-refractivity contribution in [3.05, 3.63) is 59.5 Å². The van der Waals surface area contributed by atoms with Gasteiger partial charge in [0.2, 0.25) is 0 Å². The SMILES string of the molecule is Cc1cn2cc(NC(=O)c3ccc(N4CCC(N(C)C)CC4)c4cc(C)oc34)cc(F)c2n1. The van der Waals surface area contributed by atoms with Crippen LogP contribution in [-0.4, -0.2) is 53.4 Å². The van der Waals surface area contributed by atoms with Crippen molar-refractivity contribution in [1.29, 1.82) is 0 Å². The van der Waals surface area contributed by atoms with Gasteiger partial charge >= 0.3 is 0 Å². The molecule has 4 aromatic rings. The van der Waals surface area contributed by atoms with E-state index in [9.17, 15) is 9.18 Å². The molecule has 1 aliphatic rings. The molecule has 5 rings (SSSR count). The molecule has 0 atom stereocenters. The second-order valence-corrected chi connectivity index (χ2v) is 9.06. The maximum Gasteiger partial charge on any atom is 0.259 e. The van der Waals surface area contributed by atoms with Crippen LogP contribution in [0.2, 0.25) is 0 Å². The number of aromatic nitrogens is 2. The van der Waals surface area contributed by atoms with Crippen molar-refractivity contribution in [3.8, 4) is 0 Å². The van der Waals surface area contributed by atoms with Crippen molar-refractivity contribution in [3.63, 3.8) is 0 Å². The summed E-state index contributed by atoms with van der Waals surface area (Å²) in [6.07, 6.45) is 5.56. The predicted molar refractivity (Wildman–Crippen MR) is 128 cm³/mol. The van der Waals surface area contributed by atoms with Gasteiger partial charge in [0.15, 0.2) is 11.5 Å². The molecule has 1 aliphatic heterocycles. The highest BCUT2D eigenvalue weighted by atomic mass is 19.1. The van der Waals surface area contributed by atoms with E-state index in [1.54, 1.807) is 29.8 Å². The van der Waals surface area contributed by atoms with Gasteiger partial charge in [-0.1, -0.05) is 0 Å². The van der Waals surface area contributed by atoms with Crippen molar-refractivity contribution in [2.75, 3.05) is 37.4 Å². The van der Waals surface area contributed by atoms with Gasteiger partial charge in [-0.25, -0.2) is 9.37 Å². The van der Waals surface area contributed by atoms with Crippen LogP contribution in [0.15, 0.2) is 41.1 Å². The minimum absolute atomic E-state index is 0.233. The maximum absolute atomic E-state index is 14.4. The fourth-order valence-electron chi connectivity index (χ4n) is 4.76. The van der Waals surface area contributed by atoms with E-state index in [4.69, 9.17) is 4.42 Å². The third-order valence-corrected chi connectivity index (χ3v) is 6.45. The molecular formula is C25H28FN5O2. The summed E-state index contributed by atoms with van der Waals surface area (Å²) in [6.45, 7) is 5.59. The lowest BCUT2D eigenvalue weighted by atomic mass is 10.0. The second-order valence-electron chi connectivity index (χ2n) is 9.06. The largest absolute Gasteiger partial charge is 0.460 e. The smallest absolute Gasteiger partial charge is 0.259 e. The molecule has 172 valence electrons. The summed E-state index contributed by atoms with van der Waals surface area (Å²) in [7, 11) is 4.26. The Morgan fingerprint density at radius 3 is 2.67 bits per heavy atom. The van der Waals surface area contributed by atoms with Gasteiger partial charge in [0, 0.05) is 48.7 Å². The third kappa shape index (κ3) is 3.95. The molecule has 1 aromatic carbocycles. The Morgan fingerprint density at radius 1 is 1.18 bits per heavy atom. The zero-order valence-corrected chi connectivity index (χ0v) is 19.4. The summed E-state index contributed by atoms with van der Waals surface area (Å²) in [5.41, 5.74) is 3.35. The van der Waals surface area contributed by atoms with Gasteiger partial charge in [0.25, 0.3) is 5.91 Å². The van der Waals surface area contributed by atoms with Gasteiger partial charge in [-0.3, -0.25) is 4.79 Å². The highest BCUT2D eigenvalue weighted by molar-refractivity contribution is 6.13. The van der Waals surface area contributed by atoms with Crippen LogP contribution in [0.4, 0.5) is 15.8 Å². The Morgan fingerprint density at radius 2 is 1.94 bits per heavy atom. The number of benzene rings is 1. The van der Waals surface area contributed by atoms with Gasteiger partial charge in [-0.15, -0.1) is 0 Å². The molecule has 1 saturated heterocycles. The normalized spacial score (nSPS) is 15.2. The number of nitrogens with one attached hydrogen (secondary N) is 1. The quantitative estimate of drug-likeness (QED) is 0.493. The minimum Gasteiger partial charge on any atom is -0.460 e. The molecule has 33 heavy (non-hydrogen) atoms. The summed E-state index contributed by atoms with van der Waals surface area (Å²) in [5, 5.41) is 3.74. The van der Waals surface area contributed by atoms with E-state index in [0.29, 0.717) is 28.6 Å². The first kappa shape index (κ1) is 21.5. The number of carbonyl (C=O) groups is 1. The summed E-state index contributed by atoms with van der Waals surface area (Å²) in [5.74, 6) is -0.0878. The zero-order valence-electron chi connectivity index (χ0n) is 19.4. The van der Waals surface area contributed by atoms with E-state index >= 15 is 0 Å². The molecular weight excluding hydrogens is 421 g/mol. The molecule has 1 N–H and O–H groups in total. The van der Waals surface area contributed by atoms with Crippen LogP contribution in [0.1, 0.15) is 34.7 Å². The van der Waals surface area contributed by atoms with E-state index in [-0.39, 0.29) is 11.6 Å². The highest BCUT2D eigenvalue weighted by Crippen LogP contribution is 2.34. The van der Waals surface area contributed by atoms with Crippen LogP contribution >= 0.6 is 0 Å². The zero-order chi connectivity index (χ0) is 23.3. The van der Waals surface area contributed by atoms with E-state index in [1.165, 1.54) is 6.07 Å². The molecule has 0 radical (unpaired) electrons. The van der Waals surface area contributed by atoms with E-state index in [2.05, 4.69) is 34.2 Å². The number of furan rings is 1. The Hall–Kier alpha value is -3.39. The van der Waals surface area contributed by atoms with Crippen LogP contribution in [0, 0.1) is 19.7 Å². The molecule has 7 nitrogen and oxygen atoms in total. The molecule has 8 heteroatoms. The fraction of sp³-hybridized carbons (Fsp3) is 0.360. The number of amides is 1. The summed E-state index contributed by atoms with van der Waals surface area (Å²) < 4.78 is 22.0. The van der Waals surface area contributed by atoms with Crippen molar-refractivity contribution >= 4 is 33.9 Å². The molecule has 0 spiro atoms. The Kier molecular flexibility index (Phi) is 5.32. The van der Waals surface area contributed by atoms with E-state index in [0.717, 1.165) is 42.8 Å². The van der Waals surface area contributed by atoms with Gasteiger partial charge in [0.05, 0.1) is 16.9 Å². The molecule has 4 heterocycles. The minimum atomic E-state index is -0.489. The number of anilines is 2. The fourth-order valence-corrected chi connectivity index (χ4v) is 4.76. The Bertz CT molecular complexity index is 1350. The van der Waals surface area contributed by atoms with Crippen LogP contribution in [0.3, 0.4) is 0 Å². The highest BCUT2D eigenvalue weighted by Gasteiger charge is 2.24. The van der Waals surface area contributed by atoms with Crippen LogP contribution in [0.25, 0.3) is 16.6 Å². The number of pyridine rings is 1. The summed E-state index contributed by atoms with van der Waals surface area (Å²) in [6, 6.07) is 7.65. The van der Waals surface area contributed by atoms with E-state index < -0.39 is 5.82 Å². The number of hydrogen-bond donors (Lipinski definition) is 1. The van der Waals surface area contributed by atoms with Gasteiger partial charge in [-0.2, -0.15) is 0 Å². The molecule has 0 unspecified atom stereocenters. The van der Waals surface area contributed by atoms with Gasteiger partial charge < -0.3 is 23.9 Å². The van der Waals surface area contributed by atoms with Crippen LogP contribution in [0.5, 0.6) is 0 Å². The van der Waals surface area contributed by atoms with Crippen LogP contribution < -0.4 is 10.2 Å². The molecule has 0 aliphatic carbocycles. The lowest BCUT2D eigenvalue weighted by Crippen LogP contribution is -2.42. The molecule has 3 aromatic heterocycles. The first-order valence-corrected chi connectivity index (χ1v) is 11.2. The van der Waals surface area contributed by atoms with Crippen molar-refractivity contribution in [2.24, 2.45) is 0 Å². The maximum atomic E-state index is 14.4. The van der Waals surface area contributed by atoms with Crippen molar-refractivity contribution < 1.29 is 13.6 Å². The van der Waals surface area contributed by atoms with Crippen molar-refractivity contribution in [2.45, 2.75) is 32.7 Å². The number of nitrogens with zero attached hydrogens (tertiary/aromatic N) is 4. The Balaban J connectivity index is 1.44. The average Bonchev–Trinajstić information content (AvgIpc) is 3.34. The number of fused-ring (bicyclic) bond motifs is 2. The van der Waals surface area contributed by atoms with Gasteiger partial charge in [-0.05, 0) is 59.0 Å². The van der Waals surface area contributed by atoms with Crippen molar-refractivity contribution in [1.82, 2.24) is 14.3 Å². The number of rotatable bonds is 4. The summed E-state index contributed by atoms with van der Waals surface area (Å²) in [4.78, 5) is 22.0. The summed E-state index contributed by atoms with van der Waals surface area (Å²) >= 11 is 0. The average molecular weight is 450 g/mol. The topological polar surface area (TPSA) is 66.0 Å². The van der Waals surface area contributed by atoms with Crippen LogP contribution in [-0.2, 0) is 0 Å². The molecule has 1 fully saturated rings. The number of carbonyl (C=O) groups excluding carboxylic acids is 1. The number of halogens is 1. The lowest BCUT2D eigenvalue weighted by Gasteiger charge is -2.36. The number of piperidine rings is 1. The number of hydrogen-bond acceptors (Lipinski definition) is 5. The first-order chi connectivity index (χ1) is 15.8. The molecule has 0 bridgehead atoms. The van der Waals surface area contributed by atoms with Gasteiger partial charge in [0.1, 0.15) is 11.3 Å². The predicted octanol–water partition coefficient (Wildman–Crippen LogP) is 4.62. The monoisotopic (exact) mass is 449 g/mol.